The molecule has 0 bridgehead atoms. The zero-order valence-corrected chi connectivity index (χ0v) is 19.0. The van der Waals surface area contributed by atoms with E-state index in [9.17, 15) is 14.7 Å². The number of aliphatic hydroxyl groups is 1. The van der Waals surface area contributed by atoms with Crippen LogP contribution in [0.4, 0.5) is 5.69 Å². The van der Waals surface area contributed by atoms with Gasteiger partial charge in [-0.05, 0) is 42.3 Å². The van der Waals surface area contributed by atoms with E-state index in [4.69, 9.17) is 28.3 Å². The monoisotopic (exact) mass is 486 g/mol. The van der Waals surface area contributed by atoms with Crippen molar-refractivity contribution < 1.29 is 15.0 Å². The number of aliphatic imine (C=N–C) groups is 1. The fraction of sp³-hybridized carbons (Fsp3) is 0.174. The Hall–Kier alpha value is -3.33. The lowest BCUT2D eigenvalue weighted by molar-refractivity contribution is -0.123. The van der Waals surface area contributed by atoms with Crippen LogP contribution in [0, 0.1) is 6.92 Å². The molecule has 1 aliphatic rings. The first-order valence-corrected chi connectivity index (χ1v) is 10.8. The summed E-state index contributed by atoms with van der Waals surface area (Å²) in [5.74, 6) is -0.987. The second-order valence-corrected chi connectivity index (χ2v) is 8.28. The van der Waals surface area contributed by atoms with Crippen molar-refractivity contribution in [3.63, 3.8) is 0 Å². The van der Waals surface area contributed by atoms with Gasteiger partial charge in [-0.15, -0.1) is 0 Å². The van der Waals surface area contributed by atoms with Crippen LogP contribution in [-0.4, -0.2) is 45.0 Å². The average molecular weight is 487 g/mol. The Kier molecular flexibility index (Phi) is 6.42. The number of aromatic amines is 1. The van der Waals surface area contributed by atoms with Gasteiger partial charge in [0, 0.05) is 33.9 Å². The Balaban J connectivity index is 1.79. The molecule has 10 heteroatoms. The van der Waals surface area contributed by atoms with E-state index in [0.717, 1.165) is 21.4 Å². The van der Waals surface area contributed by atoms with Crippen molar-refractivity contribution in [3.05, 3.63) is 79.3 Å². The number of aromatic nitrogens is 2. The molecule has 4 rings (SSSR count). The lowest BCUT2D eigenvalue weighted by Crippen LogP contribution is -2.38. The molecule has 1 amide bonds. The van der Waals surface area contributed by atoms with E-state index >= 15 is 0 Å². The molecular weight excluding hydrogens is 467 g/mol. The smallest absolute Gasteiger partial charge is 0.329 e. The number of carbonyl (C=O) groups is 1. The number of nitrogens with one attached hydrogen (secondary N) is 2. The van der Waals surface area contributed by atoms with Gasteiger partial charge >= 0.3 is 5.69 Å². The van der Waals surface area contributed by atoms with E-state index in [2.05, 4.69) is 15.3 Å². The molecule has 1 unspecified atom stereocenters. The molecule has 33 heavy (non-hydrogen) atoms. The maximum Gasteiger partial charge on any atom is 0.329 e. The molecule has 3 aromatic rings. The number of nitrogens with zero attached hydrogens (tertiary/aromatic N) is 2. The van der Waals surface area contributed by atoms with Gasteiger partial charge in [0.05, 0.1) is 12.3 Å². The molecule has 4 N–H and O–H groups in total. The van der Waals surface area contributed by atoms with Crippen LogP contribution in [0.1, 0.15) is 28.4 Å². The minimum atomic E-state index is -1.18. The van der Waals surface area contributed by atoms with Crippen molar-refractivity contribution in [3.8, 4) is 5.88 Å². The third-order valence-electron chi connectivity index (χ3n) is 5.34. The minimum absolute atomic E-state index is 0.00503. The topological polar surface area (TPSA) is 120 Å². The van der Waals surface area contributed by atoms with Crippen LogP contribution in [0.2, 0.25) is 10.0 Å². The van der Waals surface area contributed by atoms with E-state index in [0.29, 0.717) is 21.2 Å². The summed E-state index contributed by atoms with van der Waals surface area (Å²) in [6.07, 6.45) is 3.20. The first kappa shape index (κ1) is 22.8. The van der Waals surface area contributed by atoms with Crippen molar-refractivity contribution in [2.45, 2.75) is 13.0 Å². The first-order chi connectivity index (χ1) is 15.8. The van der Waals surface area contributed by atoms with Gasteiger partial charge in [0.15, 0.2) is 0 Å². The summed E-state index contributed by atoms with van der Waals surface area (Å²) in [7, 11) is 0. The molecule has 0 spiro atoms. The minimum Gasteiger partial charge on any atom is -0.493 e. The number of rotatable bonds is 6. The van der Waals surface area contributed by atoms with Crippen molar-refractivity contribution in [1.82, 2.24) is 14.9 Å². The van der Waals surface area contributed by atoms with Crippen LogP contribution in [0.15, 0.2) is 46.2 Å². The third-order valence-corrected chi connectivity index (χ3v) is 6.00. The lowest BCUT2D eigenvalue weighted by atomic mass is 10.0. The number of hydrogen-bond donors (Lipinski definition) is 4. The number of aromatic hydroxyl groups is 1. The summed E-state index contributed by atoms with van der Waals surface area (Å²) in [6, 6.07) is 8.74. The predicted molar refractivity (Wildman–Crippen MR) is 129 cm³/mol. The van der Waals surface area contributed by atoms with Gasteiger partial charge in [0.25, 0.3) is 0 Å². The number of halogens is 2. The Morgan fingerprint density at radius 1 is 1.24 bits per heavy atom. The van der Waals surface area contributed by atoms with Crippen molar-refractivity contribution >= 4 is 52.7 Å². The Morgan fingerprint density at radius 2 is 1.97 bits per heavy atom. The molecule has 170 valence electrons. The van der Waals surface area contributed by atoms with E-state index < -0.39 is 23.5 Å². The van der Waals surface area contributed by atoms with Crippen LogP contribution >= 0.6 is 23.2 Å². The molecule has 8 nitrogen and oxygen atoms in total. The Labute approximate surface area is 198 Å². The molecule has 0 saturated heterocycles. The van der Waals surface area contributed by atoms with E-state index in [1.54, 1.807) is 42.6 Å². The standard InChI is InChI=1S/C23H20Cl2N4O4/c1-12-17(25)7-6-16-14(11-27-19(12)16)10-18-22(32)29(23(33)28-18)20(21(31)26-8-9-30)13-2-4-15(24)5-3-13/h2-7,10-11,20,30,32H,8-9H2,1H3,(H,26,31)(H,28,33). The highest BCUT2D eigenvalue weighted by molar-refractivity contribution is 6.32. The van der Waals surface area contributed by atoms with Gasteiger partial charge in [-0.1, -0.05) is 41.4 Å². The number of imidazole rings is 1. The average Bonchev–Trinajstić information content (AvgIpc) is 3.32. The van der Waals surface area contributed by atoms with Crippen molar-refractivity contribution in [2.24, 2.45) is 4.99 Å². The van der Waals surface area contributed by atoms with Gasteiger partial charge in [-0.3, -0.25) is 9.79 Å². The van der Waals surface area contributed by atoms with Gasteiger partial charge < -0.3 is 20.5 Å². The number of allylic oxidation sites excluding steroid dienone is 1. The van der Waals surface area contributed by atoms with E-state index in [1.165, 1.54) is 0 Å². The largest absolute Gasteiger partial charge is 0.493 e. The summed E-state index contributed by atoms with van der Waals surface area (Å²) in [5, 5.41) is 23.6. The second-order valence-electron chi connectivity index (χ2n) is 7.43. The van der Waals surface area contributed by atoms with Crippen LogP contribution < -0.4 is 11.0 Å². The van der Waals surface area contributed by atoms with Crippen molar-refractivity contribution in [2.75, 3.05) is 13.2 Å². The molecular formula is C23H20Cl2N4O4. The number of amides is 1. The Bertz CT molecular complexity index is 1340. The summed E-state index contributed by atoms with van der Waals surface area (Å²) in [6.45, 7) is 1.58. The molecule has 0 saturated carbocycles. The summed E-state index contributed by atoms with van der Waals surface area (Å²) < 4.78 is 0.961. The maximum absolute atomic E-state index is 12.9. The number of benzene rings is 2. The molecule has 1 aliphatic heterocycles. The highest BCUT2D eigenvalue weighted by Crippen LogP contribution is 2.39. The predicted octanol–water partition coefficient (Wildman–Crippen LogP) is 3.45. The fourth-order valence-corrected chi connectivity index (χ4v) is 3.96. The number of carbonyl (C=O) groups excluding carboxylic acids is 1. The van der Waals surface area contributed by atoms with Crippen LogP contribution in [0.5, 0.6) is 5.88 Å². The summed E-state index contributed by atoms with van der Waals surface area (Å²) in [5.41, 5.74) is 2.89. The van der Waals surface area contributed by atoms with E-state index in [-0.39, 0.29) is 18.8 Å². The number of aliphatic hydroxyl groups excluding tert-OH is 1. The molecule has 2 heterocycles. The molecule has 1 atom stereocenters. The van der Waals surface area contributed by atoms with E-state index in [1.807, 2.05) is 13.0 Å². The van der Waals surface area contributed by atoms with Gasteiger partial charge in [0.2, 0.25) is 11.8 Å². The summed E-state index contributed by atoms with van der Waals surface area (Å²) in [4.78, 5) is 32.7. The van der Waals surface area contributed by atoms with Crippen LogP contribution in [0.3, 0.4) is 0 Å². The molecule has 2 aromatic carbocycles. The highest BCUT2D eigenvalue weighted by Gasteiger charge is 2.29. The van der Waals surface area contributed by atoms with Crippen LogP contribution in [0.25, 0.3) is 11.6 Å². The normalized spacial score (nSPS) is 14.5. The third kappa shape index (κ3) is 4.32. The zero-order chi connectivity index (χ0) is 23.7. The zero-order valence-electron chi connectivity index (χ0n) is 17.5. The number of fused-ring (bicyclic) bond motifs is 1. The lowest BCUT2D eigenvalue weighted by Gasteiger charge is -2.18. The Morgan fingerprint density at radius 3 is 2.67 bits per heavy atom. The molecule has 1 aromatic heterocycles. The van der Waals surface area contributed by atoms with Gasteiger partial charge in [-0.25, -0.2) is 9.36 Å². The van der Waals surface area contributed by atoms with Gasteiger partial charge in [0.1, 0.15) is 11.7 Å². The molecule has 0 radical (unpaired) electrons. The highest BCUT2D eigenvalue weighted by atomic mass is 35.5. The number of H-pyrrole nitrogens is 1. The SMILES string of the molecule is Cc1c(Cl)ccc2c1N=CC2=Cc1[nH]c(=O)n(C(C(=O)NCCO)c2ccc(Cl)cc2)c1O. The first-order valence-electron chi connectivity index (χ1n) is 10.0. The number of hydrogen-bond acceptors (Lipinski definition) is 5. The van der Waals surface area contributed by atoms with Crippen LogP contribution in [-0.2, 0) is 4.79 Å². The maximum atomic E-state index is 12.9. The molecule has 0 aliphatic carbocycles. The summed E-state index contributed by atoms with van der Waals surface area (Å²) >= 11 is 12.1. The molecule has 0 fully saturated rings. The second kappa shape index (κ2) is 9.27. The quantitative estimate of drug-likeness (QED) is 0.426. The van der Waals surface area contributed by atoms with Crippen molar-refractivity contribution in [1.29, 1.82) is 0 Å². The fourth-order valence-electron chi connectivity index (χ4n) is 3.69. The van der Waals surface area contributed by atoms with Gasteiger partial charge in [-0.2, -0.15) is 0 Å².